The van der Waals surface area contributed by atoms with Crippen LogP contribution in [0.1, 0.15) is 0 Å². The maximum absolute atomic E-state index is 6.50. The summed E-state index contributed by atoms with van der Waals surface area (Å²) in [5, 5.41) is 5.66. The van der Waals surface area contributed by atoms with Gasteiger partial charge in [0.2, 0.25) is 0 Å². The molecule has 8 aromatic carbocycles. The Hall–Kier alpha value is -6.77. The highest BCUT2D eigenvalue weighted by molar-refractivity contribution is 6.28. The van der Waals surface area contributed by atoms with Crippen LogP contribution in [-0.2, 0) is 0 Å². The lowest BCUT2D eigenvalue weighted by Gasteiger charge is -2.12. The molecule has 0 bridgehead atoms. The van der Waals surface area contributed by atoms with Crippen LogP contribution in [0.3, 0.4) is 0 Å². The van der Waals surface area contributed by atoms with Crippen LogP contribution in [0.2, 0.25) is 0 Å². The van der Waals surface area contributed by atoms with E-state index in [2.05, 4.69) is 182 Å². The zero-order chi connectivity index (χ0) is 33.7. The number of fused-ring (bicyclic) bond motifs is 7. The molecule has 0 N–H and O–H groups in total. The van der Waals surface area contributed by atoms with E-state index in [9.17, 15) is 0 Å². The van der Waals surface area contributed by atoms with Gasteiger partial charge in [-0.05, 0) is 93.0 Å². The van der Waals surface area contributed by atoms with Crippen molar-refractivity contribution in [3.05, 3.63) is 188 Å². The van der Waals surface area contributed by atoms with Crippen LogP contribution < -0.4 is 0 Å². The van der Waals surface area contributed by atoms with Gasteiger partial charge in [0.05, 0.1) is 11.2 Å². The lowest BCUT2D eigenvalue weighted by molar-refractivity contribution is 0.669. The average Bonchev–Trinajstić information content (AvgIpc) is 3.59. The molecule has 51 heavy (non-hydrogen) atoms. The van der Waals surface area contributed by atoms with Gasteiger partial charge >= 0.3 is 0 Å². The lowest BCUT2D eigenvalue weighted by Crippen LogP contribution is -1.90. The highest BCUT2D eigenvalue weighted by Gasteiger charge is 2.18. The molecule has 0 saturated carbocycles. The molecular weight excluding hydrogens is 619 g/mol. The third-order valence-corrected chi connectivity index (χ3v) is 10.0. The Morgan fingerprint density at radius 2 is 0.784 bits per heavy atom. The van der Waals surface area contributed by atoms with Crippen molar-refractivity contribution in [2.24, 2.45) is 0 Å². The number of furan rings is 1. The van der Waals surface area contributed by atoms with E-state index >= 15 is 0 Å². The minimum Gasteiger partial charge on any atom is -0.456 e. The lowest BCUT2D eigenvalue weighted by atomic mass is 9.92. The van der Waals surface area contributed by atoms with Crippen LogP contribution in [-0.4, -0.2) is 4.98 Å². The number of hydrogen-bond acceptors (Lipinski definition) is 2. The minimum atomic E-state index is 0.881. The molecule has 0 atom stereocenters. The maximum atomic E-state index is 6.50. The third-order valence-electron chi connectivity index (χ3n) is 10.0. The number of hydrogen-bond donors (Lipinski definition) is 0. The van der Waals surface area contributed by atoms with Gasteiger partial charge in [0.1, 0.15) is 11.2 Å². The smallest absolute Gasteiger partial charge is 0.136 e. The van der Waals surface area contributed by atoms with E-state index in [-0.39, 0.29) is 0 Å². The Labute approximate surface area is 295 Å². The second-order valence-corrected chi connectivity index (χ2v) is 13.1. The van der Waals surface area contributed by atoms with Crippen molar-refractivity contribution in [2.75, 3.05) is 0 Å². The van der Waals surface area contributed by atoms with Gasteiger partial charge < -0.3 is 4.42 Å². The molecular formula is C49H31NO. The monoisotopic (exact) mass is 649 g/mol. The van der Waals surface area contributed by atoms with Crippen molar-refractivity contribution in [3.63, 3.8) is 0 Å². The Morgan fingerprint density at radius 3 is 1.41 bits per heavy atom. The third kappa shape index (κ3) is 5.08. The molecule has 0 aliphatic heterocycles. The quantitative estimate of drug-likeness (QED) is 0.173. The van der Waals surface area contributed by atoms with Gasteiger partial charge in [0, 0.05) is 32.5 Å². The predicted molar refractivity (Wildman–Crippen MR) is 214 cm³/mol. The Kier molecular flexibility index (Phi) is 6.85. The zero-order valence-corrected chi connectivity index (χ0v) is 27.8. The topological polar surface area (TPSA) is 26.0 Å². The molecule has 10 aromatic rings. The van der Waals surface area contributed by atoms with Crippen LogP contribution in [0.5, 0.6) is 0 Å². The van der Waals surface area contributed by atoms with E-state index in [1.54, 1.807) is 0 Å². The van der Waals surface area contributed by atoms with E-state index in [1.807, 2.05) is 6.07 Å². The summed E-state index contributed by atoms with van der Waals surface area (Å²) < 4.78 is 6.50. The number of para-hydroxylation sites is 1. The molecule has 2 heteroatoms. The van der Waals surface area contributed by atoms with Gasteiger partial charge in [0.25, 0.3) is 0 Å². The summed E-state index contributed by atoms with van der Waals surface area (Å²) in [4.78, 5) is 5.16. The van der Waals surface area contributed by atoms with Gasteiger partial charge in [-0.3, -0.25) is 0 Å². The summed E-state index contributed by atoms with van der Waals surface area (Å²) in [7, 11) is 0. The first kappa shape index (κ1) is 29.2. The fraction of sp³-hybridized carbons (Fsp3) is 0. The highest BCUT2D eigenvalue weighted by Crippen LogP contribution is 2.42. The van der Waals surface area contributed by atoms with Crippen molar-refractivity contribution >= 4 is 43.6 Å². The normalized spacial score (nSPS) is 11.5. The molecule has 0 aliphatic carbocycles. The second kappa shape index (κ2) is 12.0. The number of pyridine rings is 1. The predicted octanol–water partition coefficient (Wildman–Crippen LogP) is 13.6. The summed E-state index contributed by atoms with van der Waals surface area (Å²) in [5.74, 6) is 0. The van der Waals surface area contributed by atoms with Crippen molar-refractivity contribution in [2.45, 2.75) is 0 Å². The Morgan fingerprint density at radius 1 is 0.294 bits per heavy atom. The summed E-state index contributed by atoms with van der Waals surface area (Å²) in [6, 6.07) is 66.8. The first-order chi connectivity index (χ1) is 25.3. The van der Waals surface area contributed by atoms with Crippen molar-refractivity contribution in [1.29, 1.82) is 0 Å². The minimum absolute atomic E-state index is 0.881. The molecule has 2 aromatic heterocycles. The van der Waals surface area contributed by atoms with E-state index in [0.717, 1.165) is 60.6 Å². The van der Waals surface area contributed by atoms with Crippen molar-refractivity contribution < 1.29 is 4.42 Å². The average molecular weight is 650 g/mol. The van der Waals surface area contributed by atoms with Gasteiger partial charge in [0.15, 0.2) is 0 Å². The van der Waals surface area contributed by atoms with Crippen LogP contribution in [0.25, 0.3) is 99.4 Å². The molecule has 10 rings (SSSR count). The standard InChI is InChI=1S/C49H31NO/c1-4-12-32(13-5-1)38-28-39(33-14-6-2-7-15-33)30-40(29-38)35-22-20-34(21-23-35)37-24-26-45-43(31-37)48-46(51-45)27-25-42-47(48)41-18-10-11-19-44(41)50-49(42)36-16-8-3-9-17-36/h1-31H. The van der Waals surface area contributed by atoms with Crippen LogP contribution in [0, 0.1) is 0 Å². The summed E-state index contributed by atoms with van der Waals surface area (Å²) in [6.07, 6.45) is 0. The van der Waals surface area contributed by atoms with Crippen molar-refractivity contribution in [3.8, 4) is 55.8 Å². The SMILES string of the molecule is c1ccc(-c2cc(-c3ccccc3)cc(-c3ccc(-c4ccc5oc6ccc7c(-c8ccccc8)nc8ccccc8c7c6c5c4)cc3)c2)cc1. The number of benzene rings is 8. The summed E-state index contributed by atoms with van der Waals surface area (Å²) in [6.45, 7) is 0. The molecule has 0 unspecified atom stereocenters. The molecule has 238 valence electrons. The largest absolute Gasteiger partial charge is 0.456 e. The fourth-order valence-corrected chi connectivity index (χ4v) is 7.55. The van der Waals surface area contributed by atoms with Crippen molar-refractivity contribution in [1.82, 2.24) is 4.98 Å². The Bertz CT molecular complexity index is 2810. The molecule has 2 heterocycles. The molecule has 0 radical (unpaired) electrons. The molecule has 0 spiro atoms. The Balaban J connectivity index is 1.11. The first-order valence-corrected chi connectivity index (χ1v) is 17.4. The van der Waals surface area contributed by atoms with Crippen LogP contribution in [0.15, 0.2) is 192 Å². The van der Waals surface area contributed by atoms with Gasteiger partial charge in [-0.2, -0.15) is 0 Å². The molecule has 0 amide bonds. The van der Waals surface area contributed by atoms with E-state index in [1.165, 1.54) is 38.8 Å². The highest BCUT2D eigenvalue weighted by atomic mass is 16.3. The summed E-state index contributed by atoms with van der Waals surface area (Å²) >= 11 is 0. The zero-order valence-electron chi connectivity index (χ0n) is 27.8. The molecule has 0 saturated heterocycles. The van der Waals surface area contributed by atoms with Crippen LogP contribution >= 0.6 is 0 Å². The fourth-order valence-electron chi connectivity index (χ4n) is 7.55. The maximum Gasteiger partial charge on any atom is 0.136 e. The van der Waals surface area contributed by atoms with Gasteiger partial charge in [-0.1, -0.05) is 140 Å². The molecule has 0 aliphatic rings. The van der Waals surface area contributed by atoms with Crippen LogP contribution in [0.4, 0.5) is 0 Å². The van der Waals surface area contributed by atoms with Gasteiger partial charge in [-0.25, -0.2) is 4.98 Å². The number of rotatable bonds is 5. The summed E-state index contributed by atoms with van der Waals surface area (Å²) in [5.41, 5.74) is 14.3. The van der Waals surface area contributed by atoms with E-state index in [0.29, 0.717) is 0 Å². The van der Waals surface area contributed by atoms with Gasteiger partial charge in [-0.15, -0.1) is 0 Å². The molecule has 0 fully saturated rings. The number of nitrogens with zero attached hydrogens (tertiary/aromatic N) is 1. The molecule has 2 nitrogen and oxygen atoms in total. The van der Waals surface area contributed by atoms with E-state index in [4.69, 9.17) is 9.40 Å². The van der Waals surface area contributed by atoms with E-state index < -0.39 is 0 Å². The first-order valence-electron chi connectivity index (χ1n) is 17.4. The second-order valence-electron chi connectivity index (χ2n) is 13.1. The number of aromatic nitrogens is 1.